The lowest BCUT2D eigenvalue weighted by Crippen LogP contribution is -2.39. The summed E-state index contributed by atoms with van der Waals surface area (Å²) in [5.74, 6) is -0.373. The molecule has 22 heavy (non-hydrogen) atoms. The number of carbonyl (C=O) groups excluding carboxylic acids is 1. The number of hydrogen-bond donors (Lipinski definition) is 2. The maximum atomic E-state index is 12.6. The lowest BCUT2D eigenvalue weighted by Gasteiger charge is -2.31. The summed E-state index contributed by atoms with van der Waals surface area (Å²) in [5.41, 5.74) is -0.143. The molecule has 0 spiro atoms. The third-order valence-corrected chi connectivity index (χ3v) is 3.77. The monoisotopic (exact) mass is 313 g/mol. The number of halogens is 3. The lowest BCUT2D eigenvalue weighted by molar-refractivity contribution is -0.141. The fourth-order valence-corrected chi connectivity index (χ4v) is 2.65. The maximum absolute atomic E-state index is 12.6. The molecular formula is C13H14F3N5O. The van der Waals surface area contributed by atoms with Gasteiger partial charge in [-0.1, -0.05) is 0 Å². The summed E-state index contributed by atoms with van der Waals surface area (Å²) in [4.78, 5) is 13.9. The summed E-state index contributed by atoms with van der Waals surface area (Å²) in [6.45, 7) is 0.936. The molecule has 2 aromatic heterocycles. The largest absolute Gasteiger partial charge is 0.435 e. The van der Waals surface area contributed by atoms with Crippen LogP contribution >= 0.6 is 0 Å². The molecule has 0 saturated carbocycles. The van der Waals surface area contributed by atoms with Gasteiger partial charge in [-0.05, 0) is 25.0 Å². The van der Waals surface area contributed by atoms with Crippen LogP contribution in [0.15, 0.2) is 18.3 Å². The number of likely N-dealkylation sites (tertiary alicyclic amines) is 1. The molecule has 1 saturated heterocycles. The van der Waals surface area contributed by atoms with Crippen molar-refractivity contribution in [3.63, 3.8) is 0 Å². The first-order chi connectivity index (χ1) is 10.4. The Morgan fingerprint density at radius 2 is 2.18 bits per heavy atom. The molecule has 1 aliphatic rings. The molecule has 2 N–H and O–H groups in total. The van der Waals surface area contributed by atoms with E-state index in [1.54, 1.807) is 11.0 Å². The molecule has 0 radical (unpaired) electrons. The second kappa shape index (κ2) is 5.47. The standard InChI is InChI=1S/C13H14F3N5O/c14-13(15,16)11-6-10(19-20-11)8-2-1-5-21(7-8)12(22)9-3-4-17-18-9/h3-4,6,8H,1-2,5,7H2,(H,17,18)(H,19,20)/t8-/m0/s1. The highest BCUT2D eigenvalue weighted by atomic mass is 19.4. The van der Waals surface area contributed by atoms with E-state index in [1.807, 2.05) is 0 Å². The Labute approximate surface area is 123 Å². The van der Waals surface area contributed by atoms with Gasteiger partial charge >= 0.3 is 6.18 Å². The summed E-state index contributed by atoms with van der Waals surface area (Å²) >= 11 is 0. The fourth-order valence-electron chi connectivity index (χ4n) is 2.65. The molecule has 0 aromatic carbocycles. The molecule has 0 aliphatic carbocycles. The second-order valence-electron chi connectivity index (χ2n) is 5.27. The van der Waals surface area contributed by atoms with Gasteiger partial charge in [0.25, 0.3) is 5.91 Å². The molecule has 6 nitrogen and oxygen atoms in total. The molecule has 1 atom stereocenters. The van der Waals surface area contributed by atoms with E-state index >= 15 is 0 Å². The summed E-state index contributed by atoms with van der Waals surface area (Å²) in [7, 11) is 0. The van der Waals surface area contributed by atoms with Crippen LogP contribution in [-0.4, -0.2) is 44.3 Å². The zero-order valence-corrected chi connectivity index (χ0v) is 11.5. The minimum absolute atomic E-state index is 0.177. The fraction of sp³-hybridized carbons (Fsp3) is 0.462. The normalized spacial score (nSPS) is 19.4. The zero-order valence-electron chi connectivity index (χ0n) is 11.5. The van der Waals surface area contributed by atoms with Crippen LogP contribution in [0.3, 0.4) is 0 Å². The van der Waals surface area contributed by atoms with Crippen molar-refractivity contribution in [3.8, 4) is 0 Å². The van der Waals surface area contributed by atoms with E-state index in [9.17, 15) is 18.0 Å². The number of aromatic amines is 2. The Balaban J connectivity index is 1.73. The first kappa shape index (κ1) is 14.6. The molecule has 3 rings (SSSR count). The van der Waals surface area contributed by atoms with Gasteiger partial charge in [-0.25, -0.2) is 0 Å². The van der Waals surface area contributed by atoms with E-state index in [1.165, 1.54) is 6.20 Å². The minimum Gasteiger partial charge on any atom is -0.337 e. The summed E-state index contributed by atoms with van der Waals surface area (Å²) in [6, 6.07) is 2.60. The van der Waals surface area contributed by atoms with Gasteiger partial charge in [0.05, 0.1) is 0 Å². The Hall–Kier alpha value is -2.32. The summed E-state index contributed by atoms with van der Waals surface area (Å²) in [5, 5.41) is 12.1. The maximum Gasteiger partial charge on any atom is 0.435 e. The molecule has 118 valence electrons. The van der Waals surface area contributed by atoms with Crippen molar-refractivity contribution in [3.05, 3.63) is 35.4 Å². The van der Waals surface area contributed by atoms with Gasteiger partial charge < -0.3 is 4.90 Å². The van der Waals surface area contributed by atoms with Crippen LogP contribution in [0.1, 0.15) is 40.6 Å². The Morgan fingerprint density at radius 1 is 1.36 bits per heavy atom. The molecule has 9 heteroatoms. The number of hydrogen-bond acceptors (Lipinski definition) is 3. The third-order valence-electron chi connectivity index (χ3n) is 3.77. The van der Waals surface area contributed by atoms with Crippen molar-refractivity contribution in [2.24, 2.45) is 0 Å². The Bertz CT molecular complexity index is 649. The number of piperidine rings is 1. The van der Waals surface area contributed by atoms with Gasteiger partial charge in [0.2, 0.25) is 0 Å². The van der Waals surface area contributed by atoms with E-state index < -0.39 is 11.9 Å². The molecule has 0 unspecified atom stereocenters. The smallest absolute Gasteiger partial charge is 0.337 e. The van der Waals surface area contributed by atoms with Gasteiger partial charge in [-0.2, -0.15) is 23.4 Å². The number of nitrogens with one attached hydrogen (secondary N) is 2. The first-order valence-electron chi connectivity index (χ1n) is 6.86. The third kappa shape index (κ3) is 2.83. The highest BCUT2D eigenvalue weighted by Crippen LogP contribution is 2.32. The van der Waals surface area contributed by atoms with Crippen molar-refractivity contribution < 1.29 is 18.0 Å². The predicted octanol–water partition coefficient (Wildman–Crippen LogP) is 2.17. The number of alkyl halides is 3. The molecule has 3 heterocycles. The minimum atomic E-state index is -4.46. The molecule has 1 amide bonds. The van der Waals surface area contributed by atoms with Crippen LogP contribution in [0.5, 0.6) is 0 Å². The van der Waals surface area contributed by atoms with Gasteiger partial charge in [-0.3, -0.25) is 15.0 Å². The molecule has 1 aliphatic heterocycles. The predicted molar refractivity (Wildman–Crippen MR) is 70.1 cm³/mol. The SMILES string of the molecule is O=C(c1ccn[nH]1)N1CCC[C@H](c2cc(C(F)(F)F)n[nH]2)C1. The van der Waals surface area contributed by atoms with Gasteiger partial charge in [0, 0.05) is 30.9 Å². The molecule has 2 aromatic rings. The van der Waals surface area contributed by atoms with E-state index in [0.29, 0.717) is 30.9 Å². The second-order valence-corrected chi connectivity index (χ2v) is 5.27. The zero-order chi connectivity index (χ0) is 15.7. The molecule has 0 bridgehead atoms. The topological polar surface area (TPSA) is 77.7 Å². The van der Waals surface area contributed by atoms with E-state index in [-0.39, 0.29) is 11.8 Å². The van der Waals surface area contributed by atoms with Crippen LogP contribution < -0.4 is 0 Å². The van der Waals surface area contributed by atoms with Gasteiger partial charge in [-0.15, -0.1) is 0 Å². The Kier molecular flexibility index (Phi) is 3.63. The molecular weight excluding hydrogens is 299 g/mol. The number of H-pyrrole nitrogens is 2. The number of aromatic nitrogens is 4. The van der Waals surface area contributed by atoms with Crippen molar-refractivity contribution in [2.45, 2.75) is 24.9 Å². The van der Waals surface area contributed by atoms with Gasteiger partial charge in [0.15, 0.2) is 5.69 Å². The van der Waals surface area contributed by atoms with E-state index in [0.717, 1.165) is 12.5 Å². The van der Waals surface area contributed by atoms with Crippen molar-refractivity contribution in [2.75, 3.05) is 13.1 Å². The van der Waals surface area contributed by atoms with E-state index in [4.69, 9.17) is 0 Å². The highest BCUT2D eigenvalue weighted by Gasteiger charge is 2.35. The van der Waals surface area contributed by atoms with Gasteiger partial charge in [0.1, 0.15) is 5.69 Å². The number of nitrogens with zero attached hydrogens (tertiary/aromatic N) is 3. The average molecular weight is 313 g/mol. The number of rotatable bonds is 2. The van der Waals surface area contributed by atoms with Crippen LogP contribution in [0.25, 0.3) is 0 Å². The first-order valence-corrected chi connectivity index (χ1v) is 6.86. The van der Waals surface area contributed by atoms with E-state index in [2.05, 4.69) is 20.4 Å². The Morgan fingerprint density at radius 3 is 2.82 bits per heavy atom. The quantitative estimate of drug-likeness (QED) is 0.892. The van der Waals surface area contributed by atoms with Crippen LogP contribution in [0, 0.1) is 0 Å². The number of amides is 1. The average Bonchev–Trinajstić information content (AvgIpc) is 3.17. The summed E-state index contributed by atoms with van der Waals surface area (Å²) in [6.07, 6.45) is -1.54. The van der Waals surface area contributed by atoms with Crippen LogP contribution in [0.4, 0.5) is 13.2 Å². The highest BCUT2D eigenvalue weighted by molar-refractivity contribution is 5.92. The van der Waals surface area contributed by atoms with Crippen LogP contribution in [-0.2, 0) is 6.18 Å². The summed E-state index contributed by atoms with van der Waals surface area (Å²) < 4.78 is 37.8. The van der Waals surface area contributed by atoms with Crippen LogP contribution in [0.2, 0.25) is 0 Å². The van der Waals surface area contributed by atoms with Crippen molar-refractivity contribution >= 4 is 5.91 Å². The number of carbonyl (C=O) groups is 1. The van der Waals surface area contributed by atoms with Crippen molar-refractivity contribution in [1.29, 1.82) is 0 Å². The van der Waals surface area contributed by atoms with Crippen molar-refractivity contribution in [1.82, 2.24) is 25.3 Å². The lowest BCUT2D eigenvalue weighted by atomic mass is 9.94. The molecule has 1 fully saturated rings.